The number of hydrogen-bond donors (Lipinski definition) is 1. The van der Waals surface area contributed by atoms with Crippen LogP contribution in [0.2, 0.25) is 0 Å². The summed E-state index contributed by atoms with van der Waals surface area (Å²) in [5.41, 5.74) is 1.76. The van der Waals surface area contributed by atoms with Gasteiger partial charge >= 0.3 is 6.09 Å². The summed E-state index contributed by atoms with van der Waals surface area (Å²) in [6.07, 6.45) is 0.300. The third-order valence-electron chi connectivity index (χ3n) is 4.09. The van der Waals surface area contributed by atoms with Crippen molar-refractivity contribution in [2.45, 2.75) is 38.7 Å². The van der Waals surface area contributed by atoms with Crippen molar-refractivity contribution in [2.75, 3.05) is 20.3 Å². The molecule has 0 aliphatic carbocycles. The number of amides is 1. The van der Waals surface area contributed by atoms with E-state index in [0.717, 1.165) is 23.3 Å². The van der Waals surface area contributed by atoms with Gasteiger partial charge in [0.05, 0.1) is 19.6 Å². The summed E-state index contributed by atoms with van der Waals surface area (Å²) in [4.78, 5) is 11.6. The van der Waals surface area contributed by atoms with Crippen LogP contribution in [0.4, 0.5) is 4.79 Å². The highest BCUT2D eigenvalue weighted by molar-refractivity contribution is 7.80. The van der Waals surface area contributed by atoms with Gasteiger partial charge < -0.3 is 19.5 Å². The smallest absolute Gasteiger partial charge is 0.407 e. The first kappa shape index (κ1) is 22.7. The van der Waals surface area contributed by atoms with Crippen LogP contribution in [-0.2, 0) is 15.9 Å². The molecule has 0 radical (unpaired) electrons. The Bertz CT molecular complexity index is 785. The summed E-state index contributed by atoms with van der Waals surface area (Å²) in [5.74, 6) is 0.756. The minimum absolute atomic E-state index is 0.0148. The molecular formula is C23H29NO4S. The summed E-state index contributed by atoms with van der Waals surface area (Å²) >= 11 is 5.42. The Hall–Kier alpha value is -2.60. The Balaban J connectivity index is 1.86. The Morgan fingerprint density at radius 1 is 1.07 bits per heavy atom. The number of alkyl carbamates (subject to hydrolysis) is 1. The molecule has 2 aromatic carbocycles. The van der Waals surface area contributed by atoms with Crippen LogP contribution in [0.3, 0.4) is 0 Å². The Morgan fingerprint density at radius 2 is 1.72 bits per heavy atom. The zero-order valence-electron chi connectivity index (χ0n) is 17.4. The summed E-state index contributed by atoms with van der Waals surface area (Å²) in [6, 6.07) is 18.0. The molecule has 1 N–H and O–H groups in total. The molecule has 6 heteroatoms. The van der Waals surface area contributed by atoms with Gasteiger partial charge in [-0.15, -0.1) is 0 Å². The summed E-state index contributed by atoms with van der Waals surface area (Å²) in [6.45, 7) is 6.21. The van der Waals surface area contributed by atoms with Crippen molar-refractivity contribution < 1.29 is 19.0 Å². The molecule has 29 heavy (non-hydrogen) atoms. The van der Waals surface area contributed by atoms with E-state index >= 15 is 0 Å². The van der Waals surface area contributed by atoms with E-state index < -0.39 is 11.7 Å². The van der Waals surface area contributed by atoms with Crippen molar-refractivity contribution in [1.82, 2.24) is 5.32 Å². The van der Waals surface area contributed by atoms with Crippen molar-refractivity contribution in [3.63, 3.8) is 0 Å². The third-order valence-corrected chi connectivity index (χ3v) is 4.54. The highest BCUT2D eigenvalue weighted by Gasteiger charge is 2.18. The molecule has 0 saturated carbocycles. The van der Waals surface area contributed by atoms with Gasteiger partial charge in [0.2, 0.25) is 0 Å². The second kappa shape index (κ2) is 10.8. The first-order valence-corrected chi connectivity index (χ1v) is 10.0. The number of benzene rings is 2. The highest BCUT2D eigenvalue weighted by atomic mass is 32.1. The molecule has 0 aliphatic rings. The van der Waals surface area contributed by atoms with Crippen LogP contribution < -0.4 is 10.1 Å². The fourth-order valence-electron chi connectivity index (χ4n) is 2.76. The predicted octanol–water partition coefficient (Wildman–Crippen LogP) is 4.89. The average Bonchev–Trinajstić information content (AvgIpc) is 2.69. The van der Waals surface area contributed by atoms with Crippen LogP contribution in [0.1, 0.15) is 37.8 Å². The normalized spacial score (nSPS) is 12.0. The van der Waals surface area contributed by atoms with Crippen molar-refractivity contribution in [3.05, 3.63) is 65.7 Å². The van der Waals surface area contributed by atoms with E-state index in [2.05, 4.69) is 17.4 Å². The highest BCUT2D eigenvalue weighted by Crippen LogP contribution is 2.24. The van der Waals surface area contributed by atoms with Gasteiger partial charge in [-0.2, -0.15) is 0 Å². The summed E-state index contributed by atoms with van der Waals surface area (Å²) in [7, 11) is 1.61. The molecule has 0 heterocycles. The number of carbonyl (C=O) groups is 1. The SMILES string of the molecule is COC(=S)C(Cc1ccc(OCCNC(=O)OC(C)(C)C)cc1)c1ccccc1. The van der Waals surface area contributed by atoms with Gasteiger partial charge in [0.25, 0.3) is 0 Å². The molecule has 2 rings (SSSR count). The molecule has 1 unspecified atom stereocenters. The van der Waals surface area contributed by atoms with Gasteiger partial charge in [-0.05, 0) is 62.7 Å². The lowest BCUT2D eigenvalue weighted by molar-refractivity contribution is 0.0520. The van der Waals surface area contributed by atoms with Gasteiger partial charge in [-0.1, -0.05) is 42.5 Å². The van der Waals surface area contributed by atoms with Gasteiger partial charge in [0.15, 0.2) is 5.05 Å². The van der Waals surface area contributed by atoms with Gasteiger partial charge in [0, 0.05) is 0 Å². The van der Waals surface area contributed by atoms with Crippen LogP contribution >= 0.6 is 12.2 Å². The second-order valence-corrected chi connectivity index (χ2v) is 8.01. The Labute approximate surface area is 178 Å². The molecule has 156 valence electrons. The summed E-state index contributed by atoms with van der Waals surface area (Å²) in [5, 5.41) is 3.24. The zero-order valence-corrected chi connectivity index (χ0v) is 18.3. The minimum Gasteiger partial charge on any atom is -0.492 e. The monoisotopic (exact) mass is 415 g/mol. The van der Waals surface area contributed by atoms with Crippen molar-refractivity contribution >= 4 is 23.4 Å². The maximum atomic E-state index is 11.6. The average molecular weight is 416 g/mol. The fourth-order valence-corrected chi connectivity index (χ4v) is 2.98. The first-order chi connectivity index (χ1) is 13.8. The number of carbonyl (C=O) groups excluding carboxylic acids is 1. The van der Waals surface area contributed by atoms with E-state index in [1.54, 1.807) is 7.11 Å². The third kappa shape index (κ3) is 8.11. The van der Waals surface area contributed by atoms with Gasteiger partial charge in [0.1, 0.15) is 18.0 Å². The Kier molecular flexibility index (Phi) is 8.46. The molecule has 0 saturated heterocycles. The number of ether oxygens (including phenoxy) is 3. The van der Waals surface area contributed by atoms with E-state index in [9.17, 15) is 4.79 Å². The van der Waals surface area contributed by atoms with Crippen molar-refractivity contribution in [1.29, 1.82) is 0 Å². The maximum absolute atomic E-state index is 11.6. The fraction of sp³-hybridized carbons (Fsp3) is 0.391. The molecular weight excluding hydrogens is 386 g/mol. The number of nitrogens with one attached hydrogen (secondary N) is 1. The standard InChI is InChI=1S/C23H29NO4S/c1-23(2,3)28-22(25)24-14-15-27-19-12-10-17(11-13-19)16-20(21(29)26-4)18-8-6-5-7-9-18/h5-13,20H,14-16H2,1-4H3,(H,24,25). The number of methoxy groups -OCH3 is 1. The first-order valence-electron chi connectivity index (χ1n) is 9.60. The van der Waals surface area contributed by atoms with E-state index in [-0.39, 0.29) is 5.92 Å². The Morgan fingerprint density at radius 3 is 2.31 bits per heavy atom. The van der Waals surface area contributed by atoms with E-state index in [4.69, 9.17) is 26.4 Å². The lowest BCUT2D eigenvalue weighted by Gasteiger charge is -2.19. The molecule has 5 nitrogen and oxygen atoms in total. The molecule has 0 fully saturated rings. The van der Waals surface area contributed by atoms with Crippen LogP contribution in [0.15, 0.2) is 54.6 Å². The molecule has 0 aliphatic heterocycles. The molecule has 1 amide bonds. The molecule has 0 bridgehead atoms. The maximum Gasteiger partial charge on any atom is 0.407 e. The van der Waals surface area contributed by atoms with Crippen molar-refractivity contribution in [3.8, 4) is 5.75 Å². The number of hydrogen-bond acceptors (Lipinski definition) is 5. The van der Waals surface area contributed by atoms with Gasteiger partial charge in [-0.3, -0.25) is 0 Å². The predicted molar refractivity (Wildman–Crippen MR) is 119 cm³/mol. The quantitative estimate of drug-likeness (QED) is 0.491. The summed E-state index contributed by atoms with van der Waals surface area (Å²) < 4.78 is 16.2. The van der Waals surface area contributed by atoms with E-state index in [1.807, 2.05) is 63.2 Å². The lowest BCUT2D eigenvalue weighted by atomic mass is 9.92. The van der Waals surface area contributed by atoms with Crippen LogP contribution in [0.25, 0.3) is 0 Å². The largest absolute Gasteiger partial charge is 0.492 e. The van der Waals surface area contributed by atoms with E-state index in [0.29, 0.717) is 18.2 Å². The molecule has 0 aromatic heterocycles. The number of thiocarbonyl (C=S) groups is 1. The molecule has 1 atom stereocenters. The number of rotatable bonds is 8. The minimum atomic E-state index is -0.510. The van der Waals surface area contributed by atoms with Crippen LogP contribution in [0.5, 0.6) is 5.75 Å². The zero-order chi connectivity index (χ0) is 21.3. The van der Waals surface area contributed by atoms with Crippen LogP contribution in [-0.4, -0.2) is 37.0 Å². The van der Waals surface area contributed by atoms with Crippen molar-refractivity contribution in [2.24, 2.45) is 0 Å². The lowest BCUT2D eigenvalue weighted by Crippen LogP contribution is -2.34. The van der Waals surface area contributed by atoms with E-state index in [1.165, 1.54) is 0 Å². The van der Waals surface area contributed by atoms with Crippen LogP contribution in [0, 0.1) is 0 Å². The molecule has 0 spiro atoms. The molecule has 2 aromatic rings. The van der Waals surface area contributed by atoms with Gasteiger partial charge in [-0.25, -0.2) is 4.79 Å². The topological polar surface area (TPSA) is 56.8 Å². The second-order valence-electron chi connectivity index (χ2n) is 7.61.